The molecule has 0 radical (unpaired) electrons. The van der Waals surface area contributed by atoms with Crippen LogP contribution in [0.3, 0.4) is 0 Å². The molecule has 3 aliphatic rings. The number of nitrogens with one attached hydrogen (secondary N) is 1. The first-order valence-corrected chi connectivity index (χ1v) is 9.01. The average molecular weight is 330 g/mol. The van der Waals surface area contributed by atoms with Crippen LogP contribution in [0.5, 0.6) is 5.75 Å². The zero-order chi connectivity index (χ0) is 16.6. The Morgan fingerprint density at radius 3 is 2.83 bits per heavy atom. The Morgan fingerprint density at radius 1 is 1.33 bits per heavy atom. The maximum atomic E-state index is 12.2. The van der Waals surface area contributed by atoms with Gasteiger partial charge >= 0.3 is 0 Å². The summed E-state index contributed by atoms with van der Waals surface area (Å²) in [4.78, 5) is 14.2. The molecule has 0 aromatic heterocycles. The summed E-state index contributed by atoms with van der Waals surface area (Å²) in [6.07, 6.45) is 5.10. The number of benzene rings is 1. The monoisotopic (exact) mass is 330 g/mol. The van der Waals surface area contributed by atoms with Gasteiger partial charge in [0.2, 0.25) is 5.91 Å². The highest BCUT2D eigenvalue weighted by molar-refractivity contribution is 5.81. The third-order valence-corrected chi connectivity index (χ3v) is 5.56. The molecular formula is C19H26N2O3. The lowest BCUT2D eigenvalue weighted by atomic mass is 9.87. The van der Waals surface area contributed by atoms with Crippen LogP contribution in [0.1, 0.15) is 32.1 Å². The van der Waals surface area contributed by atoms with Gasteiger partial charge in [-0.25, -0.2) is 0 Å². The van der Waals surface area contributed by atoms with Crippen LogP contribution < -0.4 is 10.1 Å². The lowest BCUT2D eigenvalue weighted by Gasteiger charge is -2.38. The fourth-order valence-electron chi connectivity index (χ4n) is 3.96. The summed E-state index contributed by atoms with van der Waals surface area (Å²) in [5, 5.41) is 3.56. The van der Waals surface area contributed by atoms with Crippen molar-refractivity contribution in [1.82, 2.24) is 4.90 Å². The number of hydrogen-bond acceptors (Lipinski definition) is 4. The molecule has 1 aromatic carbocycles. The number of carbonyl (C=O) groups excluding carboxylic acids is 1. The number of methoxy groups -OCH3 is 1. The third-order valence-electron chi connectivity index (χ3n) is 5.56. The van der Waals surface area contributed by atoms with E-state index in [0.29, 0.717) is 17.9 Å². The van der Waals surface area contributed by atoms with Crippen LogP contribution >= 0.6 is 0 Å². The standard InChI is InChI=1S/C19H26N2O3/c1-23-17-4-2-3-15(11-17)20-16-12-19(24-13-16)7-9-21(10-8-19)18(22)14-5-6-14/h2-4,11,14,16,20H,5-10,12-13H2,1H3. The van der Waals surface area contributed by atoms with Gasteiger partial charge in [-0.1, -0.05) is 6.07 Å². The van der Waals surface area contributed by atoms with Crippen molar-refractivity contribution in [1.29, 1.82) is 0 Å². The highest BCUT2D eigenvalue weighted by atomic mass is 16.5. The van der Waals surface area contributed by atoms with Gasteiger partial charge < -0.3 is 19.7 Å². The van der Waals surface area contributed by atoms with Gasteiger partial charge in [0.1, 0.15) is 5.75 Å². The molecule has 1 unspecified atom stereocenters. The normalized spacial score (nSPS) is 25.7. The predicted octanol–water partition coefficient (Wildman–Crippen LogP) is 2.67. The molecule has 1 aromatic rings. The van der Waals surface area contributed by atoms with Crippen LogP contribution in [0.4, 0.5) is 5.69 Å². The molecule has 2 saturated heterocycles. The van der Waals surface area contributed by atoms with Gasteiger partial charge in [0.05, 0.1) is 25.4 Å². The van der Waals surface area contributed by atoms with Crippen molar-refractivity contribution in [2.75, 3.05) is 32.1 Å². The van der Waals surface area contributed by atoms with Crippen molar-refractivity contribution in [3.8, 4) is 5.75 Å². The summed E-state index contributed by atoms with van der Waals surface area (Å²) in [6, 6.07) is 8.34. The molecule has 2 aliphatic heterocycles. The molecule has 1 N–H and O–H groups in total. The second kappa shape index (κ2) is 6.28. The molecule has 3 fully saturated rings. The number of amides is 1. The average Bonchev–Trinajstić information content (AvgIpc) is 3.39. The summed E-state index contributed by atoms with van der Waals surface area (Å²) in [5.74, 6) is 1.56. The molecule has 1 atom stereocenters. The van der Waals surface area contributed by atoms with Gasteiger partial charge in [-0.2, -0.15) is 0 Å². The minimum atomic E-state index is -0.0448. The summed E-state index contributed by atoms with van der Waals surface area (Å²) in [7, 11) is 1.68. The molecule has 5 heteroatoms. The highest BCUT2D eigenvalue weighted by Gasteiger charge is 2.44. The molecule has 2 heterocycles. The summed E-state index contributed by atoms with van der Waals surface area (Å²) in [5.41, 5.74) is 1.03. The fourth-order valence-corrected chi connectivity index (χ4v) is 3.96. The predicted molar refractivity (Wildman–Crippen MR) is 92.2 cm³/mol. The molecule has 5 nitrogen and oxygen atoms in total. The zero-order valence-electron chi connectivity index (χ0n) is 14.3. The topological polar surface area (TPSA) is 50.8 Å². The fraction of sp³-hybridized carbons (Fsp3) is 0.632. The van der Waals surface area contributed by atoms with Crippen LogP contribution in [0.25, 0.3) is 0 Å². The smallest absolute Gasteiger partial charge is 0.225 e. The lowest BCUT2D eigenvalue weighted by Crippen LogP contribution is -2.47. The molecule has 4 rings (SSSR count). The SMILES string of the molecule is COc1cccc(NC2COC3(CCN(C(=O)C4CC4)CC3)C2)c1. The van der Waals surface area contributed by atoms with Crippen molar-refractivity contribution < 1.29 is 14.3 Å². The first-order chi connectivity index (χ1) is 11.7. The van der Waals surface area contributed by atoms with Gasteiger partial charge in [0, 0.05) is 30.8 Å². The molecule has 1 aliphatic carbocycles. The van der Waals surface area contributed by atoms with Crippen LogP contribution in [-0.4, -0.2) is 49.3 Å². The van der Waals surface area contributed by atoms with Gasteiger partial charge in [0.25, 0.3) is 0 Å². The van der Waals surface area contributed by atoms with Crippen LogP contribution in [0, 0.1) is 5.92 Å². The van der Waals surface area contributed by atoms with Crippen molar-refractivity contribution in [3.05, 3.63) is 24.3 Å². The van der Waals surface area contributed by atoms with Crippen molar-refractivity contribution in [2.45, 2.75) is 43.7 Å². The number of nitrogens with zero attached hydrogens (tertiary/aromatic N) is 1. The van der Waals surface area contributed by atoms with Gasteiger partial charge in [-0.15, -0.1) is 0 Å². The minimum absolute atomic E-state index is 0.0448. The largest absolute Gasteiger partial charge is 0.497 e. The van der Waals surface area contributed by atoms with E-state index < -0.39 is 0 Å². The number of likely N-dealkylation sites (tertiary alicyclic amines) is 1. The van der Waals surface area contributed by atoms with Crippen molar-refractivity contribution in [3.63, 3.8) is 0 Å². The molecular weight excluding hydrogens is 304 g/mol. The molecule has 1 spiro atoms. The van der Waals surface area contributed by atoms with E-state index in [-0.39, 0.29) is 5.60 Å². The maximum absolute atomic E-state index is 12.2. The van der Waals surface area contributed by atoms with Crippen molar-refractivity contribution in [2.24, 2.45) is 5.92 Å². The minimum Gasteiger partial charge on any atom is -0.497 e. The summed E-state index contributed by atoms with van der Waals surface area (Å²) < 4.78 is 11.5. The van der Waals surface area contributed by atoms with E-state index in [0.717, 1.165) is 63.2 Å². The Morgan fingerprint density at radius 2 is 2.12 bits per heavy atom. The third kappa shape index (κ3) is 3.22. The van der Waals surface area contributed by atoms with Gasteiger partial charge in [-0.05, 0) is 44.2 Å². The molecule has 1 saturated carbocycles. The van der Waals surface area contributed by atoms with E-state index >= 15 is 0 Å². The Labute approximate surface area is 143 Å². The van der Waals surface area contributed by atoms with E-state index in [9.17, 15) is 4.79 Å². The Bertz CT molecular complexity index is 606. The number of rotatable bonds is 4. The molecule has 24 heavy (non-hydrogen) atoms. The molecule has 0 bridgehead atoms. The first-order valence-electron chi connectivity index (χ1n) is 9.01. The number of ether oxygens (including phenoxy) is 2. The number of hydrogen-bond donors (Lipinski definition) is 1. The van der Waals surface area contributed by atoms with Crippen LogP contribution in [-0.2, 0) is 9.53 Å². The van der Waals surface area contributed by atoms with Crippen LogP contribution in [0.2, 0.25) is 0 Å². The van der Waals surface area contributed by atoms with E-state index in [2.05, 4.69) is 16.3 Å². The van der Waals surface area contributed by atoms with Crippen LogP contribution in [0.15, 0.2) is 24.3 Å². The second-order valence-electron chi connectivity index (χ2n) is 7.37. The highest BCUT2D eigenvalue weighted by Crippen LogP contribution is 2.39. The van der Waals surface area contributed by atoms with Crippen molar-refractivity contribution >= 4 is 11.6 Å². The summed E-state index contributed by atoms with van der Waals surface area (Å²) >= 11 is 0. The van der Waals surface area contributed by atoms with E-state index in [1.54, 1.807) is 7.11 Å². The number of carbonyl (C=O) groups is 1. The molecule has 1 amide bonds. The quantitative estimate of drug-likeness (QED) is 0.922. The summed E-state index contributed by atoms with van der Waals surface area (Å²) in [6.45, 7) is 2.43. The number of anilines is 1. The maximum Gasteiger partial charge on any atom is 0.225 e. The Hall–Kier alpha value is -1.75. The second-order valence-corrected chi connectivity index (χ2v) is 7.37. The van der Waals surface area contributed by atoms with E-state index in [1.807, 2.05) is 18.2 Å². The Kier molecular flexibility index (Phi) is 4.12. The zero-order valence-corrected chi connectivity index (χ0v) is 14.3. The first kappa shape index (κ1) is 15.8. The Balaban J connectivity index is 1.32. The lowest BCUT2D eigenvalue weighted by molar-refractivity contribution is -0.137. The van der Waals surface area contributed by atoms with Gasteiger partial charge in [0.15, 0.2) is 0 Å². The molecule has 130 valence electrons. The van der Waals surface area contributed by atoms with E-state index in [1.165, 1.54) is 0 Å². The van der Waals surface area contributed by atoms with E-state index in [4.69, 9.17) is 9.47 Å². The number of piperidine rings is 1. The van der Waals surface area contributed by atoms with Gasteiger partial charge in [-0.3, -0.25) is 4.79 Å².